The fraction of sp³-hybridized carbons (Fsp3) is 0.573. The maximum atomic E-state index is 14.7. The van der Waals surface area contributed by atoms with E-state index in [2.05, 4.69) is 24.1 Å². The van der Waals surface area contributed by atoms with Crippen molar-refractivity contribution in [2.75, 3.05) is 66.3 Å². The van der Waals surface area contributed by atoms with Crippen molar-refractivity contribution in [3.8, 4) is 46.0 Å². The molecule has 0 aromatic heterocycles. The second kappa shape index (κ2) is 29.4. The van der Waals surface area contributed by atoms with Crippen LogP contribution in [0.1, 0.15) is 127 Å². The molecule has 1 aliphatic carbocycles. The first-order valence-electron chi connectivity index (χ1n) is 35.0. The van der Waals surface area contributed by atoms with Crippen LogP contribution in [0.3, 0.4) is 0 Å². The van der Waals surface area contributed by atoms with Gasteiger partial charge in [-0.2, -0.15) is 0 Å². The quantitative estimate of drug-likeness (QED) is 0.0694. The lowest BCUT2D eigenvalue weighted by Gasteiger charge is -2.47. The first-order valence-corrected chi connectivity index (χ1v) is 35.0. The number of likely N-dealkylation sites (tertiary alicyclic amines) is 1. The van der Waals surface area contributed by atoms with Gasteiger partial charge in [-0.15, -0.1) is 0 Å². The van der Waals surface area contributed by atoms with E-state index in [-0.39, 0.29) is 92.6 Å². The van der Waals surface area contributed by atoms with Crippen molar-refractivity contribution in [2.45, 2.75) is 174 Å². The van der Waals surface area contributed by atoms with Gasteiger partial charge in [0.15, 0.2) is 47.0 Å². The third-order valence-corrected chi connectivity index (χ3v) is 21.6. The zero-order chi connectivity index (χ0) is 74.2. The number of nitrogens with one attached hydrogen (secondary N) is 1. The predicted molar refractivity (Wildman–Crippen MR) is 366 cm³/mol. The molecule has 1 spiro atoms. The van der Waals surface area contributed by atoms with Crippen LogP contribution >= 0.6 is 0 Å². The number of ketones is 1. The molecule has 28 nitrogen and oxygen atoms in total. The molecule has 558 valence electrons. The third-order valence-electron chi connectivity index (χ3n) is 21.6. The maximum Gasteiger partial charge on any atom is 0.312 e. The number of hydrogen-bond acceptors (Lipinski definition) is 27. The number of fused-ring (bicyclic) bond motifs is 5. The third kappa shape index (κ3) is 13.8. The van der Waals surface area contributed by atoms with Crippen LogP contribution in [0, 0.1) is 48.3 Å². The smallest absolute Gasteiger partial charge is 0.312 e. The molecule has 13 rings (SSSR count). The Morgan fingerprint density at radius 3 is 2.10 bits per heavy atom. The number of methoxy groups -OCH3 is 3. The number of allylic oxidation sites excluding steroid dienone is 2. The zero-order valence-corrected chi connectivity index (χ0v) is 60.2. The van der Waals surface area contributed by atoms with Crippen LogP contribution in [-0.2, 0) is 52.3 Å². The van der Waals surface area contributed by atoms with E-state index in [1.165, 1.54) is 41.4 Å². The molecule has 1 amide bonds. The van der Waals surface area contributed by atoms with Gasteiger partial charge in [-0.3, -0.25) is 29.2 Å². The summed E-state index contributed by atoms with van der Waals surface area (Å²) in [7, 11) is 4.33. The number of carbonyl (C=O) groups excluding carboxylic acids is 4. The Bertz CT molecular complexity index is 4160. The van der Waals surface area contributed by atoms with Crippen LogP contribution in [0.5, 0.6) is 46.0 Å². The number of ether oxygens (including phenoxy) is 13. The number of amides is 1. The Balaban J connectivity index is 0.000000207. The summed E-state index contributed by atoms with van der Waals surface area (Å²) < 4.78 is 75.5. The molecule has 28 heteroatoms. The first kappa shape index (κ1) is 74.6. The molecule has 0 unspecified atom stereocenters. The molecular formula is C75H94N4O24. The molecule has 4 fully saturated rings. The summed E-state index contributed by atoms with van der Waals surface area (Å²) in [6.07, 6.45) is -1.76. The van der Waals surface area contributed by atoms with Gasteiger partial charge in [0.1, 0.15) is 53.1 Å². The molecule has 9 aliphatic rings. The number of phenols is 3. The molecule has 19 atom stereocenters. The standard InChI is InChI=1S/C46H62N4O11.C29H32O13/c1-22(2)21-50-18-16-46(17-19-50)48-34-31-32-39(54)28(8)42-33(31)43(56)45(10,61-42)59-20-15-30(58-11)25(5)41(60-29(9)51)27(7)38(53)26(6)37(52)23(3)13-12-14-24(4)44(57)47-36(40(32)55)35(34)49-46;1-11-36-9-20-27(40-11)24(31)25(32)29(41-20)42-26-14-7-17-16(38-10-39-17)6-13(14)21(22-15(26)8-37-28(22)33)12-4-18(34-2)23(30)19(5-12)35-3/h12-15,20,22-23,25-27,30,37-38,41,52-55H,16-19,21H2,1-11H3,(H,47,57);4-7,11,15,20-22,24-27,29-32H,8-10H2,1-3H3/b13-12+,20-15+,24-14-;/t23-,25+,26+,27+,30-,37-,38+,41+,45-;11-,15+,20-,21-,22+,24-,25-,26-,27-,29+/m01/s1. The number of piperidine rings is 1. The average Bonchev–Trinajstić information content (AvgIpc) is 1.49. The number of nitrogens with zero attached hydrogens (tertiary/aromatic N) is 3. The lowest BCUT2D eigenvalue weighted by molar-refractivity contribution is -0.364. The van der Waals surface area contributed by atoms with Crippen molar-refractivity contribution in [3.63, 3.8) is 0 Å². The highest BCUT2D eigenvalue weighted by Crippen LogP contribution is 2.58. The molecule has 4 bridgehead atoms. The number of hydrogen-bond donors (Lipinski definition) is 8. The summed E-state index contributed by atoms with van der Waals surface area (Å²) in [5.41, 5.74) is 1.44. The fourth-order valence-corrected chi connectivity index (χ4v) is 15.9. The SMILES string of the molecule is CO[C@H]1/C=C/O[C@@]2(C)Oc3c(C)c(O)c4c(O)c(c5c(c4c3C2=O)=NC2(CCN(CC(C)C)CC2)N=5)NC(=O)/C(C)=C\C=C\[C@H](C)[C@H](O)[C@@H](C)[C@@H](O)[C@@H](C)[C@H](OC(C)=O)[C@@H]1C.COc1cc([C@@H]2c3cc4c(cc3[C@@H](O[C@@H]3O[C@@H]5CO[C@@H](C)O[C@H]5[C@H](O)[C@H]3O)[C@H]3COC(=O)[C@H]23)OCO4)cc(OC)c1O. The minimum atomic E-state index is -1.96. The topological polar surface area (TPSA) is 370 Å². The van der Waals surface area contributed by atoms with Crippen molar-refractivity contribution >= 4 is 40.1 Å². The van der Waals surface area contributed by atoms with Crippen LogP contribution in [0.25, 0.3) is 10.8 Å². The zero-order valence-electron chi connectivity index (χ0n) is 60.2. The summed E-state index contributed by atoms with van der Waals surface area (Å²) in [5.74, 6) is -7.47. The van der Waals surface area contributed by atoms with Gasteiger partial charge >= 0.3 is 17.7 Å². The van der Waals surface area contributed by atoms with Gasteiger partial charge in [0.2, 0.25) is 12.5 Å². The average molecular weight is 1440 g/mol. The van der Waals surface area contributed by atoms with Gasteiger partial charge in [-0.05, 0) is 73.7 Å². The fourth-order valence-electron chi connectivity index (χ4n) is 15.9. The number of aliphatic hydroxyl groups excluding tert-OH is 4. The van der Waals surface area contributed by atoms with Gasteiger partial charge in [0, 0.05) is 105 Å². The van der Waals surface area contributed by atoms with Gasteiger partial charge in [-0.1, -0.05) is 59.8 Å². The molecule has 4 saturated heterocycles. The monoisotopic (exact) mass is 1430 g/mol. The van der Waals surface area contributed by atoms with Crippen LogP contribution in [0.4, 0.5) is 5.69 Å². The Morgan fingerprint density at radius 2 is 1.45 bits per heavy atom. The molecular weight excluding hydrogens is 1340 g/mol. The number of cyclic esters (lactones) is 1. The summed E-state index contributed by atoms with van der Waals surface area (Å²) in [6, 6.07) is 6.93. The van der Waals surface area contributed by atoms with Gasteiger partial charge in [0.05, 0.1) is 80.3 Å². The molecule has 103 heavy (non-hydrogen) atoms. The van der Waals surface area contributed by atoms with Gasteiger partial charge < -0.3 is 108 Å². The highest BCUT2D eigenvalue weighted by molar-refractivity contribution is 6.19. The number of Topliss-reactive ketones (excluding diaryl/α,β-unsaturated/α-hetero) is 1. The van der Waals surface area contributed by atoms with Crippen LogP contribution < -0.4 is 39.7 Å². The van der Waals surface area contributed by atoms with Crippen molar-refractivity contribution in [1.29, 1.82) is 0 Å². The Morgan fingerprint density at radius 1 is 0.777 bits per heavy atom. The highest BCUT2D eigenvalue weighted by Gasteiger charge is 2.57. The molecule has 0 radical (unpaired) electrons. The van der Waals surface area contributed by atoms with Crippen molar-refractivity contribution in [2.24, 2.45) is 51.4 Å². The largest absolute Gasteiger partial charge is 0.507 e. The summed E-state index contributed by atoms with van der Waals surface area (Å²) in [6.45, 7) is 21.4. The van der Waals surface area contributed by atoms with E-state index in [0.717, 1.165) is 6.54 Å². The van der Waals surface area contributed by atoms with E-state index in [0.29, 0.717) is 60.0 Å². The Labute approximate surface area is 595 Å². The molecule has 8 heterocycles. The van der Waals surface area contributed by atoms with E-state index >= 15 is 0 Å². The Kier molecular flexibility index (Phi) is 21.3. The number of phenolic OH excluding ortho intramolecular Hbond substituents is 3. The van der Waals surface area contributed by atoms with E-state index < -0.39 is 150 Å². The lowest BCUT2D eigenvalue weighted by Crippen LogP contribution is -2.63. The van der Waals surface area contributed by atoms with E-state index in [9.17, 15) is 54.9 Å². The number of carbonyl (C=O) groups is 4. The first-order chi connectivity index (χ1) is 48.9. The summed E-state index contributed by atoms with van der Waals surface area (Å²) >= 11 is 0. The lowest BCUT2D eigenvalue weighted by atomic mass is 9.66. The molecule has 4 aromatic rings. The second-order valence-corrected chi connectivity index (χ2v) is 28.9. The van der Waals surface area contributed by atoms with Crippen molar-refractivity contribution in [3.05, 3.63) is 98.9 Å². The van der Waals surface area contributed by atoms with Crippen molar-refractivity contribution in [1.82, 2.24) is 4.90 Å². The van der Waals surface area contributed by atoms with E-state index in [4.69, 9.17) is 71.6 Å². The second-order valence-electron chi connectivity index (χ2n) is 28.9. The molecule has 4 aromatic carbocycles. The van der Waals surface area contributed by atoms with Crippen LogP contribution in [0.15, 0.2) is 70.4 Å². The highest BCUT2D eigenvalue weighted by atomic mass is 16.8. The summed E-state index contributed by atoms with van der Waals surface area (Å²) in [5, 5.41) is 82.7. The number of aliphatic hydroxyl groups is 4. The van der Waals surface area contributed by atoms with Gasteiger partial charge in [-0.25, -0.2) is 0 Å². The number of rotatable bonds is 9. The minimum Gasteiger partial charge on any atom is -0.507 e. The number of benzene rings is 4. The van der Waals surface area contributed by atoms with Crippen LogP contribution in [-0.4, -0.2) is 198 Å². The maximum absolute atomic E-state index is 14.7. The summed E-state index contributed by atoms with van der Waals surface area (Å²) in [4.78, 5) is 67.1. The van der Waals surface area contributed by atoms with Gasteiger partial charge in [0.25, 0.3) is 11.7 Å². The number of anilines is 1. The van der Waals surface area contributed by atoms with Crippen molar-refractivity contribution < 1.29 is 117 Å². The van der Waals surface area contributed by atoms with Crippen LogP contribution in [0.2, 0.25) is 0 Å². The molecule has 8 N–H and O–H groups in total. The Hall–Kier alpha value is -8.16. The normalized spacial score (nSPS) is 34.2. The molecule has 8 aliphatic heterocycles. The van der Waals surface area contributed by atoms with E-state index in [1.54, 1.807) is 97.0 Å². The predicted octanol–water partition coefficient (Wildman–Crippen LogP) is 6.09. The van der Waals surface area contributed by atoms with E-state index in [1.807, 2.05) is 0 Å². The number of esters is 2. The minimum absolute atomic E-state index is 0.0301. The number of aromatic hydroxyl groups is 3. The molecule has 0 saturated carbocycles.